The van der Waals surface area contributed by atoms with Crippen LogP contribution < -0.4 is 4.74 Å². The van der Waals surface area contributed by atoms with E-state index < -0.39 is 11.0 Å². The van der Waals surface area contributed by atoms with Crippen LogP contribution >= 0.6 is 0 Å². The van der Waals surface area contributed by atoms with E-state index in [0.717, 1.165) is 37.4 Å². The van der Waals surface area contributed by atoms with Crippen LogP contribution in [0.25, 0.3) is 0 Å². The van der Waals surface area contributed by atoms with Gasteiger partial charge in [-0.05, 0) is 80.8 Å². The maximum Gasteiger partial charge on any atom is 0.308 e. The van der Waals surface area contributed by atoms with Crippen LogP contribution in [0.1, 0.15) is 68.3 Å². The molecule has 0 spiro atoms. The van der Waals surface area contributed by atoms with Gasteiger partial charge in [0.2, 0.25) is 0 Å². The van der Waals surface area contributed by atoms with E-state index in [-0.39, 0.29) is 23.9 Å². The Morgan fingerprint density at radius 1 is 0.974 bits per heavy atom. The van der Waals surface area contributed by atoms with E-state index in [9.17, 15) is 14.4 Å². The van der Waals surface area contributed by atoms with Gasteiger partial charge >= 0.3 is 11.9 Å². The summed E-state index contributed by atoms with van der Waals surface area (Å²) in [6, 6.07) is 17.0. The molecule has 1 saturated heterocycles. The van der Waals surface area contributed by atoms with Gasteiger partial charge in [0.1, 0.15) is 11.4 Å². The summed E-state index contributed by atoms with van der Waals surface area (Å²) < 4.78 is 11.8. The Morgan fingerprint density at radius 2 is 1.74 bits per heavy atom. The van der Waals surface area contributed by atoms with Crippen molar-refractivity contribution in [1.29, 1.82) is 0 Å². The molecule has 0 bridgehead atoms. The van der Waals surface area contributed by atoms with Crippen molar-refractivity contribution in [1.82, 2.24) is 9.80 Å². The maximum atomic E-state index is 13.4. The van der Waals surface area contributed by atoms with Gasteiger partial charge in [-0.25, -0.2) is 0 Å². The van der Waals surface area contributed by atoms with Crippen LogP contribution in [0, 0.1) is 5.92 Å². The summed E-state index contributed by atoms with van der Waals surface area (Å²) >= 11 is 0. The topological polar surface area (TPSA) is 76.2 Å². The molecular weight excluding hydrogens is 480 g/mol. The van der Waals surface area contributed by atoms with Crippen molar-refractivity contribution < 1.29 is 23.9 Å². The lowest BCUT2D eigenvalue weighted by atomic mass is 9.55. The second-order valence-electron chi connectivity index (χ2n) is 11.4. The Kier molecular flexibility index (Phi) is 7.32. The van der Waals surface area contributed by atoms with Gasteiger partial charge in [0, 0.05) is 51.0 Å². The van der Waals surface area contributed by atoms with E-state index >= 15 is 0 Å². The van der Waals surface area contributed by atoms with Crippen LogP contribution in [-0.2, 0) is 19.7 Å². The van der Waals surface area contributed by atoms with Crippen LogP contribution in [0.5, 0.6) is 5.75 Å². The molecule has 1 heterocycles. The van der Waals surface area contributed by atoms with E-state index in [2.05, 4.69) is 11.0 Å². The van der Waals surface area contributed by atoms with Crippen LogP contribution in [0.2, 0.25) is 0 Å². The lowest BCUT2D eigenvalue weighted by Gasteiger charge is -2.60. The van der Waals surface area contributed by atoms with Crippen LogP contribution in [-0.4, -0.2) is 66.0 Å². The first-order valence-electron chi connectivity index (χ1n) is 13.7. The molecule has 1 aliphatic heterocycles. The fourth-order valence-corrected chi connectivity index (χ4v) is 6.79. The standard InChI is InChI=1S/C31H38N2O5/c1-22(34)37-28-11-7-10-26(18-28)30-16-17-33(20-24-12-13-24)21-31(30,38-23(2)35)15-14-27(19-30)32(3)29(36)25-8-5-4-6-9-25/h4-11,18,24,27H,12-17,19-21H2,1-3H3/t27-,30?,31?/m0/s1. The number of rotatable bonds is 7. The van der Waals surface area contributed by atoms with Gasteiger partial charge in [-0.2, -0.15) is 0 Å². The Hall–Kier alpha value is -3.19. The van der Waals surface area contributed by atoms with E-state index in [1.807, 2.05) is 54.4 Å². The molecule has 2 aromatic rings. The first-order valence-corrected chi connectivity index (χ1v) is 13.7. The van der Waals surface area contributed by atoms with Gasteiger partial charge in [-0.3, -0.25) is 19.3 Å². The first kappa shape index (κ1) is 26.4. The first-order chi connectivity index (χ1) is 18.2. The number of benzene rings is 2. The molecule has 202 valence electrons. The SMILES string of the molecule is CC(=O)Oc1cccc(C23CCN(CC4CC4)CC2(OC(C)=O)CC[C@H](N(C)C(=O)c2ccccc2)C3)c1. The smallest absolute Gasteiger partial charge is 0.308 e. The number of hydrogen-bond acceptors (Lipinski definition) is 6. The molecule has 0 aromatic heterocycles. The predicted octanol–water partition coefficient (Wildman–Crippen LogP) is 4.59. The third kappa shape index (κ3) is 5.21. The third-order valence-corrected chi connectivity index (χ3v) is 8.76. The fraction of sp³-hybridized carbons (Fsp3) is 0.516. The zero-order valence-corrected chi connectivity index (χ0v) is 22.7. The maximum absolute atomic E-state index is 13.4. The molecule has 5 rings (SSSR count). The summed E-state index contributed by atoms with van der Waals surface area (Å²) in [6.07, 6.45) is 5.38. The third-order valence-electron chi connectivity index (χ3n) is 8.76. The zero-order valence-electron chi connectivity index (χ0n) is 22.7. The van der Waals surface area contributed by atoms with Gasteiger partial charge in [-0.15, -0.1) is 0 Å². The summed E-state index contributed by atoms with van der Waals surface area (Å²) in [5.74, 6) is 0.545. The van der Waals surface area contributed by atoms with Crippen molar-refractivity contribution in [2.45, 2.75) is 69.4 Å². The number of hydrogen-bond donors (Lipinski definition) is 0. The Bertz CT molecular complexity index is 1200. The zero-order chi connectivity index (χ0) is 26.9. The molecule has 3 fully saturated rings. The molecule has 2 saturated carbocycles. The number of piperidine rings is 1. The van der Waals surface area contributed by atoms with E-state index in [4.69, 9.17) is 9.47 Å². The van der Waals surface area contributed by atoms with E-state index in [0.29, 0.717) is 30.7 Å². The van der Waals surface area contributed by atoms with Crippen molar-refractivity contribution in [2.75, 3.05) is 26.7 Å². The normalized spacial score (nSPS) is 27.2. The van der Waals surface area contributed by atoms with Crippen molar-refractivity contribution in [3.63, 3.8) is 0 Å². The molecule has 7 nitrogen and oxygen atoms in total. The molecule has 7 heteroatoms. The van der Waals surface area contributed by atoms with Gasteiger partial charge in [0.05, 0.1) is 0 Å². The Balaban J connectivity index is 1.54. The minimum absolute atomic E-state index is 0.00873. The number of esters is 2. The van der Waals surface area contributed by atoms with Gasteiger partial charge in [-0.1, -0.05) is 30.3 Å². The molecule has 3 atom stereocenters. The van der Waals surface area contributed by atoms with E-state index in [1.165, 1.54) is 26.7 Å². The Morgan fingerprint density at radius 3 is 2.42 bits per heavy atom. The average molecular weight is 519 g/mol. The number of carbonyl (C=O) groups excluding carboxylic acids is 3. The van der Waals surface area contributed by atoms with Crippen molar-refractivity contribution in [3.8, 4) is 5.75 Å². The summed E-state index contributed by atoms with van der Waals surface area (Å²) in [6.45, 7) is 5.48. The highest BCUT2D eigenvalue weighted by Gasteiger charge is 2.61. The van der Waals surface area contributed by atoms with Crippen molar-refractivity contribution in [3.05, 3.63) is 65.7 Å². The lowest BCUT2D eigenvalue weighted by Crippen LogP contribution is -2.68. The second-order valence-corrected chi connectivity index (χ2v) is 11.4. The number of ether oxygens (including phenoxy) is 2. The highest BCUT2D eigenvalue weighted by molar-refractivity contribution is 5.94. The molecule has 2 aromatic carbocycles. The number of carbonyl (C=O) groups is 3. The molecule has 2 aliphatic carbocycles. The number of amides is 1. The number of likely N-dealkylation sites (tertiary alicyclic amines) is 1. The molecular formula is C31H38N2O5. The highest BCUT2D eigenvalue weighted by Crippen LogP contribution is 2.55. The van der Waals surface area contributed by atoms with Crippen LogP contribution in [0.3, 0.4) is 0 Å². The van der Waals surface area contributed by atoms with Gasteiger partial charge < -0.3 is 14.4 Å². The van der Waals surface area contributed by atoms with E-state index in [1.54, 1.807) is 6.07 Å². The second kappa shape index (κ2) is 10.5. The summed E-state index contributed by atoms with van der Waals surface area (Å²) in [7, 11) is 1.88. The molecule has 0 N–H and O–H groups in total. The summed E-state index contributed by atoms with van der Waals surface area (Å²) in [5, 5.41) is 0. The largest absolute Gasteiger partial charge is 0.457 e. The Labute approximate surface area is 225 Å². The minimum atomic E-state index is -0.728. The lowest BCUT2D eigenvalue weighted by molar-refractivity contribution is -0.188. The quantitative estimate of drug-likeness (QED) is 0.394. The minimum Gasteiger partial charge on any atom is -0.457 e. The molecule has 1 amide bonds. The average Bonchev–Trinajstić information content (AvgIpc) is 3.71. The van der Waals surface area contributed by atoms with Crippen molar-refractivity contribution in [2.24, 2.45) is 5.92 Å². The van der Waals surface area contributed by atoms with Gasteiger partial charge in [0.25, 0.3) is 5.91 Å². The number of nitrogens with zero attached hydrogens (tertiary/aromatic N) is 2. The monoisotopic (exact) mass is 518 g/mol. The van der Waals surface area contributed by atoms with Gasteiger partial charge in [0.15, 0.2) is 0 Å². The molecule has 0 radical (unpaired) electrons. The fourth-order valence-electron chi connectivity index (χ4n) is 6.79. The number of fused-ring (bicyclic) bond motifs is 1. The molecule has 2 unspecified atom stereocenters. The molecule has 38 heavy (non-hydrogen) atoms. The summed E-state index contributed by atoms with van der Waals surface area (Å²) in [5.41, 5.74) is 0.405. The molecule has 3 aliphatic rings. The van der Waals surface area contributed by atoms with Crippen LogP contribution in [0.4, 0.5) is 0 Å². The van der Waals surface area contributed by atoms with Crippen molar-refractivity contribution >= 4 is 17.8 Å². The predicted molar refractivity (Wildman–Crippen MR) is 144 cm³/mol. The highest BCUT2D eigenvalue weighted by atomic mass is 16.6. The summed E-state index contributed by atoms with van der Waals surface area (Å²) in [4.78, 5) is 42.1. The van der Waals surface area contributed by atoms with Crippen LogP contribution in [0.15, 0.2) is 54.6 Å².